The van der Waals surface area contributed by atoms with Gasteiger partial charge >= 0.3 is 6.18 Å². The van der Waals surface area contributed by atoms with E-state index in [2.05, 4.69) is 11.8 Å². The molecule has 0 fully saturated rings. The van der Waals surface area contributed by atoms with Gasteiger partial charge in [-0.25, -0.2) is 0 Å². The van der Waals surface area contributed by atoms with E-state index in [4.69, 9.17) is 5.11 Å². The van der Waals surface area contributed by atoms with Gasteiger partial charge in [-0.1, -0.05) is 18.8 Å². The number of thiophene rings is 1. The van der Waals surface area contributed by atoms with Gasteiger partial charge in [-0.15, -0.1) is 11.3 Å². The van der Waals surface area contributed by atoms with Gasteiger partial charge in [-0.05, 0) is 24.4 Å². The van der Waals surface area contributed by atoms with E-state index in [0.29, 0.717) is 19.4 Å². The molecule has 1 aromatic rings. The first-order chi connectivity index (χ1) is 9.46. The standard InChI is InChI=1S/C14H18F3NOS/c1-2-7-18(11-14(15,16)17)10-13-12(6-9-20-13)5-3-4-8-19/h6,9,19H,2,4,7-8,10-11H2,1H3. The highest BCUT2D eigenvalue weighted by atomic mass is 32.1. The highest BCUT2D eigenvalue weighted by molar-refractivity contribution is 7.10. The molecule has 0 saturated carbocycles. The Bertz CT molecular complexity index is 459. The monoisotopic (exact) mass is 305 g/mol. The van der Waals surface area contributed by atoms with Gasteiger partial charge in [0.05, 0.1) is 13.2 Å². The largest absolute Gasteiger partial charge is 0.401 e. The highest BCUT2D eigenvalue weighted by Crippen LogP contribution is 2.22. The van der Waals surface area contributed by atoms with Crippen molar-refractivity contribution in [2.45, 2.75) is 32.5 Å². The number of nitrogens with zero attached hydrogens (tertiary/aromatic N) is 1. The smallest absolute Gasteiger partial charge is 0.395 e. The SMILES string of the molecule is CCCN(Cc1sccc1C#CCCO)CC(F)(F)F. The highest BCUT2D eigenvalue weighted by Gasteiger charge is 2.30. The van der Waals surface area contributed by atoms with E-state index >= 15 is 0 Å². The molecular formula is C14H18F3NOS. The van der Waals surface area contributed by atoms with Crippen molar-refractivity contribution in [3.63, 3.8) is 0 Å². The third-order valence-corrected chi connectivity index (χ3v) is 3.42. The average molecular weight is 305 g/mol. The molecule has 0 aliphatic rings. The van der Waals surface area contributed by atoms with Crippen LogP contribution < -0.4 is 0 Å². The fraction of sp³-hybridized carbons (Fsp3) is 0.571. The van der Waals surface area contributed by atoms with Crippen molar-refractivity contribution in [3.8, 4) is 11.8 Å². The molecule has 0 bridgehead atoms. The van der Waals surface area contributed by atoms with Crippen LogP contribution in [0.25, 0.3) is 0 Å². The summed E-state index contributed by atoms with van der Waals surface area (Å²) in [6.45, 7) is 1.61. The van der Waals surface area contributed by atoms with Crippen LogP contribution in [0.5, 0.6) is 0 Å². The molecule has 0 amide bonds. The van der Waals surface area contributed by atoms with Crippen molar-refractivity contribution in [2.75, 3.05) is 19.7 Å². The summed E-state index contributed by atoms with van der Waals surface area (Å²) < 4.78 is 37.5. The number of aliphatic hydroxyl groups excluding tert-OH is 1. The molecule has 112 valence electrons. The van der Waals surface area contributed by atoms with Crippen molar-refractivity contribution in [2.24, 2.45) is 0 Å². The molecule has 0 saturated heterocycles. The predicted octanol–water partition coefficient (Wildman–Crippen LogP) is 3.26. The zero-order valence-corrected chi connectivity index (χ0v) is 12.2. The fourth-order valence-corrected chi connectivity index (χ4v) is 2.65. The molecule has 20 heavy (non-hydrogen) atoms. The number of rotatable bonds is 6. The van der Waals surface area contributed by atoms with E-state index in [1.165, 1.54) is 16.2 Å². The molecule has 0 unspecified atom stereocenters. The first kappa shape index (κ1) is 17.0. The molecule has 2 nitrogen and oxygen atoms in total. The molecule has 0 aliphatic carbocycles. The van der Waals surface area contributed by atoms with E-state index in [9.17, 15) is 13.2 Å². The number of aliphatic hydroxyl groups is 1. The lowest BCUT2D eigenvalue weighted by Crippen LogP contribution is -2.34. The summed E-state index contributed by atoms with van der Waals surface area (Å²) in [7, 11) is 0. The molecule has 0 atom stereocenters. The second-order valence-electron chi connectivity index (χ2n) is 4.36. The number of halogens is 3. The molecule has 1 aromatic heterocycles. The van der Waals surface area contributed by atoms with Gasteiger partial charge in [-0.3, -0.25) is 4.90 Å². The topological polar surface area (TPSA) is 23.5 Å². The summed E-state index contributed by atoms with van der Waals surface area (Å²) in [5.41, 5.74) is 0.756. The third kappa shape index (κ3) is 6.42. The lowest BCUT2D eigenvalue weighted by molar-refractivity contribution is -0.147. The summed E-state index contributed by atoms with van der Waals surface area (Å²) in [6, 6.07) is 1.81. The summed E-state index contributed by atoms with van der Waals surface area (Å²) in [6.07, 6.45) is -3.14. The number of hydrogen-bond donors (Lipinski definition) is 1. The minimum Gasteiger partial charge on any atom is -0.395 e. The molecule has 0 aliphatic heterocycles. The first-order valence-corrected chi connectivity index (χ1v) is 7.29. The molecular weight excluding hydrogens is 287 g/mol. The third-order valence-electron chi connectivity index (χ3n) is 2.52. The van der Waals surface area contributed by atoms with Crippen LogP contribution in [0.15, 0.2) is 11.4 Å². The van der Waals surface area contributed by atoms with Crippen LogP contribution in [0.3, 0.4) is 0 Å². The predicted molar refractivity (Wildman–Crippen MR) is 74.5 cm³/mol. The Labute approximate surface area is 121 Å². The van der Waals surface area contributed by atoms with Gasteiger partial charge < -0.3 is 5.11 Å². The van der Waals surface area contributed by atoms with E-state index in [-0.39, 0.29) is 13.2 Å². The Morgan fingerprint density at radius 2 is 2.15 bits per heavy atom. The average Bonchev–Trinajstić information content (AvgIpc) is 2.75. The van der Waals surface area contributed by atoms with Crippen LogP contribution in [-0.2, 0) is 6.54 Å². The van der Waals surface area contributed by atoms with Crippen LogP contribution in [0.2, 0.25) is 0 Å². The van der Waals surface area contributed by atoms with Gasteiger partial charge in [0.2, 0.25) is 0 Å². The minimum atomic E-state index is -4.19. The van der Waals surface area contributed by atoms with Gasteiger partial charge in [0.25, 0.3) is 0 Å². The molecule has 1 heterocycles. The van der Waals surface area contributed by atoms with Crippen LogP contribution in [0.1, 0.15) is 30.2 Å². The maximum atomic E-state index is 12.5. The van der Waals surface area contributed by atoms with Crippen molar-refractivity contribution < 1.29 is 18.3 Å². The molecule has 6 heteroatoms. The molecule has 1 rings (SSSR count). The van der Waals surface area contributed by atoms with Crippen LogP contribution in [-0.4, -0.2) is 35.9 Å². The van der Waals surface area contributed by atoms with Crippen LogP contribution in [0, 0.1) is 11.8 Å². The molecule has 0 radical (unpaired) electrons. The number of hydrogen-bond acceptors (Lipinski definition) is 3. The Morgan fingerprint density at radius 1 is 1.40 bits per heavy atom. The lowest BCUT2D eigenvalue weighted by Gasteiger charge is -2.22. The molecule has 0 aromatic carbocycles. The van der Waals surface area contributed by atoms with Crippen LogP contribution in [0.4, 0.5) is 13.2 Å². The Morgan fingerprint density at radius 3 is 2.75 bits per heavy atom. The zero-order chi connectivity index (χ0) is 15.0. The van der Waals surface area contributed by atoms with Crippen LogP contribution >= 0.6 is 11.3 Å². The van der Waals surface area contributed by atoms with Crippen molar-refractivity contribution in [3.05, 3.63) is 21.9 Å². The Hall–Kier alpha value is -1.03. The first-order valence-electron chi connectivity index (χ1n) is 6.41. The van der Waals surface area contributed by atoms with Crippen molar-refractivity contribution in [1.82, 2.24) is 4.90 Å². The Balaban J connectivity index is 2.74. The zero-order valence-electron chi connectivity index (χ0n) is 11.3. The number of alkyl halides is 3. The summed E-state index contributed by atoms with van der Waals surface area (Å²) in [5.74, 6) is 5.69. The fourth-order valence-electron chi connectivity index (χ4n) is 1.77. The maximum absolute atomic E-state index is 12.5. The Kier molecular flexibility index (Phi) is 7.06. The normalized spacial score (nSPS) is 11.5. The van der Waals surface area contributed by atoms with Crippen molar-refractivity contribution >= 4 is 11.3 Å². The lowest BCUT2D eigenvalue weighted by atomic mass is 10.2. The molecule has 0 spiro atoms. The second kappa shape index (κ2) is 8.30. The summed E-state index contributed by atoms with van der Waals surface area (Å²) in [4.78, 5) is 2.23. The van der Waals surface area contributed by atoms with Crippen molar-refractivity contribution in [1.29, 1.82) is 0 Å². The van der Waals surface area contributed by atoms with Gasteiger partial charge in [-0.2, -0.15) is 13.2 Å². The van der Waals surface area contributed by atoms with Gasteiger partial charge in [0, 0.05) is 23.4 Å². The minimum absolute atomic E-state index is 0.0114. The second-order valence-corrected chi connectivity index (χ2v) is 5.36. The van der Waals surface area contributed by atoms with E-state index in [1.807, 2.05) is 18.4 Å². The summed E-state index contributed by atoms with van der Waals surface area (Å²) in [5, 5.41) is 10.5. The van der Waals surface area contributed by atoms with Gasteiger partial charge in [0.15, 0.2) is 0 Å². The van der Waals surface area contributed by atoms with E-state index in [0.717, 1.165) is 10.4 Å². The van der Waals surface area contributed by atoms with Gasteiger partial charge in [0.1, 0.15) is 0 Å². The quantitative estimate of drug-likeness (QED) is 0.816. The maximum Gasteiger partial charge on any atom is 0.401 e. The van der Waals surface area contributed by atoms with E-state index in [1.54, 1.807) is 0 Å². The van der Waals surface area contributed by atoms with E-state index < -0.39 is 12.7 Å². The summed E-state index contributed by atoms with van der Waals surface area (Å²) >= 11 is 1.41. The molecule has 1 N–H and O–H groups in total.